The summed E-state index contributed by atoms with van der Waals surface area (Å²) in [7, 11) is 0. The summed E-state index contributed by atoms with van der Waals surface area (Å²) in [6.45, 7) is 0.476. The molecule has 3 amide bonds. The van der Waals surface area contributed by atoms with Crippen LogP contribution in [0.4, 0.5) is 10.5 Å². The number of nitrogens with two attached hydrogens (primary N) is 1. The minimum absolute atomic E-state index is 0.176. The summed E-state index contributed by atoms with van der Waals surface area (Å²) in [6, 6.07) is 2.10. The van der Waals surface area contributed by atoms with E-state index in [0.29, 0.717) is 24.3 Å². The Kier molecular flexibility index (Phi) is 4.36. The summed E-state index contributed by atoms with van der Waals surface area (Å²) in [5, 5.41) is 11.3. The van der Waals surface area contributed by atoms with E-state index in [4.69, 9.17) is 10.8 Å². The lowest BCUT2D eigenvalue weighted by molar-refractivity contribution is -0.136. The predicted molar refractivity (Wildman–Crippen MR) is 73.5 cm³/mol. The van der Waals surface area contributed by atoms with E-state index in [-0.39, 0.29) is 6.42 Å². The zero-order chi connectivity index (χ0) is 15.4. The quantitative estimate of drug-likeness (QED) is 0.730. The Morgan fingerprint density at radius 1 is 1.43 bits per heavy atom. The second kappa shape index (κ2) is 6.21. The number of urea groups is 1. The lowest BCUT2D eigenvalue weighted by Gasteiger charge is -2.22. The van der Waals surface area contributed by atoms with Crippen LogP contribution in [0, 0.1) is 0 Å². The van der Waals surface area contributed by atoms with E-state index in [1.807, 2.05) is 0 Å². The Hall–Kier alpha value is -2.64. The molecular weight excluding hydrogens is 276 g/mol. The van der Waals surface area contributed by atoms with Gasteiger partial charge in [0, 0.05) is 6.54 Å². The number of aliphatic carboxylic acids is 1. The van der Waals surface area contributed by atoms with Crippen molar-refractivity contribution >= 4 is 23.6 Å². The number of carboxylic acid groups (broad SMARTS) is 1. The number of amides is 3. The fraction of sp³-hybridized carbons (Fsp3) is 0.385. The van der Waals surface area contributed by atoms with Gasteiger partial charge in [-0.15, -0.1) is 0 Å². The number of likely N-dealkylation sites (tertiary alicyclic amines) is 1. The monoisotopic (exact) mass is 292 g/mol. The summed E-state index contributed by atoms with van der Waals surface area (Å²) in [6.07, 6.45) is 2.50. The molecule has 0 saturated carbocycles. The average Bonchev–Trinajstić information content (AvgIpc) is 2.90. The van der Waals surface area contributed by atoms with Crippen molar-refractivity contribution < 1.29 is 19.5 Å². The van der Waals surface area contributed by atoms with Crippen LogP contribution in [-0.4, -0.2) is 45.5 Å². The molecule has 2 heterocycles. The van der Waals surface area contributed by atoms with Crippen molar-refractivity contribution in [1.29, 1.82) is 0 Å². The molecule has 1 aliphatic rings. The number of aromatic nitrogens is 1. The SMILES string of the molecule is NC(=O)C1CCCN1C(=O)Nc1ccc(CC(=O)O)nc1. The highest BCUT2D eigenvalue weighted by atomic mass is 16.4. The molecule has 0 spiro atoms. The first-order valence-electron chi connectivity index (χ1n) is 6.51. The molecule has 8 heteroatoms. The predicted octanol–water partition coefficient (Wildman–Crippen LogP) is 0.190. The maximum atomic E-state index is 12.1. The van der Waals surface area contributed by atoms with Gasteiger partial charge >= 0.3 is 12.0 Å². The third-order valence-electron chi connectivity index (χ3n) is 3.25. The fourth-order valence-corrected chi connectivity index (χ4v) is 2.26. The first-order valence-corrected chi connectivity index (χ1v) is 6.51. The highest BCUT2D eigenvalue weighted by Gasteiger charge is 2.32. The summed E-state index contributed by atoms with van der Waals surface area (Å²) in [4.78, 5) is 39.2. The largest absolute Gasteiger partial charge is 0.481 e. The second-order valence-corrected chi connectivity index (χ2v) is 4.79. The molecule has 1 aromatic heterocycles. The van der Waals surface area contributed by atoms with Crippen molar-refractivity contribution in [1.82, 2.24) is 9.88 Å². The van der Waals surface area contributed by atoms with E-state index in [0.717, 1.165) is 6.42 Å². The Morgan fingerprint density at radius 2 is 2.19 bits per heavy atom. The van der Waals surface area contributed by atoms with Gasteiger partial charge in [0.15, 0.2) is 0 Å². The van der Waals surface area contributed by atoms with Gasteiger partial charge in [-0.3, -0.25) is 14.6 Å². The number of nitrogens with zero attached hydrogens (tertiary/aromatic N) is 2. The van der Waals surface area contributed by atoms with Crippen LogP contribution in [0.15, 0.2) is 18.3 Å². The molecule has 112 valence electrons. The zero-order valence-corrected chi connectivity index (χ0v) is 11.3. The highest BCUT2D eigenvalue weighted by molar-refractivity contribution is 5.93. The molecule has 0 aliphatic carbocycles. The van der Waals surface area contributed by atoms with Crippen LogP contribution < -0.4 is 11.1 Å². The van der Waals surface area contributed by atoms with Crippen molar-refractivity contribution in [3.8, 4) is 0 Å². The smallest absolute Gasteiger partial charge is 0.322 e. The second-order valence-electron chi connectivity index (χ2n) is 4.79. The molecule has 1 aromatic rings. The van der Waals surface area contributed by atoms with E-state index in [1.165, 1.54) is 17.2 Å². The summed E-state index contributed by atoms with van der Waals surface area (Å²) >= 11 is 0. The number of hydrogen-bond donors (Lipinski definition) is 3. The molecule has 0 aromatic carbocycles. The number of carbonyl (C=O) groups excluding carboxylic acids is 2. The van der Waals surface area contributed by atoms with Gasteiger partial charge in [-0.25, -0.2) is 4.79 Å². The van der Waals surface area contributed by atoms with Gasteiger partial charge in [-0.1, -0.05) is 0 Å². The molecule has 2 rings (SSSR count). The van der Waals surface area contributed by atoms with Crippen molar-refractivity contribution in [2.24, 2.45) is 5.73 Å². The first-order chi connectivity index (χ1) is 9.97. The van der Waals surface area contributed by atoms with Crippen LogP contribution in [0.1, 0.15) is 18.5 Å². The summed E-state index contributed by atoms with van der Waals surface area (Å²) < 4.78 is 0. The number of anilines is 1. The average molecular weight is 292 g/mol. The molecule has 1 fully saturated rings. The molecule has 1 atom stereocenters. The molecule has 1 saturated heterocycles. The van der Waals surface area contributed by atoms with Crippen LogP contribution in [0.25, 0.3) is 0 Å². The Bertz CT molecular complexity index is 558. The van der Waals surface area contributed by atoms with Crippen LogP contribution in [0.5, 0.6) is 0 Å². The molecule has 0 radical (unpaired) electrons. The van der Waals surface area contributed by atoms with E-state index in [9.17, 15) is 14.4 Å². The van der Waals surface area contributed by atoms with Gasteiger partial charge in [0.2, 0.25) is 5.91 Å². The first kappa shape index (κ1) is 14.8. The number of rotatable bonds is 4. The molecule has 1 unspecified atom stereocenters. The van der Waals surface area contributed by atoms with Gasteiger partial charge in [-0.05, 0) is 25.0 Å². The molecule has 8 nitrogen and oxygen atoms in total. The van der Waals surface area contributed by atoms with Gasteiger partial charge in [0.05, 0.1) is 24.0 Å². The van der Waals surface area contributed by atoms with Crippen molar-refractivity contribution in [2.75, 3.05) is 11.9 Å². The van der Waals surface area contributed by atoms with Crippen LogP contribution in [0.3, 0.4) is 0 Å². The van der Waals surface area contributed by atoms with Gasteiger partial charge in [-0.2, -0.15) is 0 Å². The Labute approximate surface area is 120 Å². The van der Waals surface area contributed by atoms with Crippen molar-refractivity contribution in [3.63, 3.8) is 0 Å². The number of nitrogens with one attached hydrogen (secondary N) is 1. The standard InChI is InChI=1S/C13H16N4O4/c14-12(20)10-2-1-5-17(10)13(21)16-9-4-3-8(15-7-9)6-11(18)19/h3-4,7,10H,1-2,5-6H2,(H2,14,20)(H,16,21)(H,18,19). The normalized spacial score (nSPS) is 17.5. The van der Waals surface area contributed by atoms with Crippen LogP contribution >= 0.6 is 0 Å². The Morgan fingerprint density at radius 3 is 2.76 bits per heavy atom. The van der Waals surface area contributed by atoms with Gasteiger partial charge in [0.1, 0.15) is 6.04 Å². The molecule has 0 bridgehead atoms. The Balaban J connectivity index is 1.99. The van der Waals surface area contributed by atoms with Gasteiger partial charge in [0.25, 0.3) is 0 Å². The highest BCUT2D eigenvalue weighted by Crippen LogP contribution is 2.18. The third-order valence-corrected chi connectivity index (χ3v) is 3.25. The van der Waals surface area contributed by atoms with Crippen LogP contribution in [-0.2, 0) is 16.0 Å². The summed E-state index contributed by atoms with van der Waals surface area (Å²) in [5.41, 5.74) is 6.09. The van der Waals surface area contributed by atoms with E-state index < -0.39 is 23.9 Å². The fourth-order valence-electron chi connectivity index (χ4n) is 2.26. The number of carboxylic acids is 1. The van der Waals surface area contributed by atoms with E-state index >= 15 is 0 Å². The summed E-state index contributed by atoms with van der Waals surface area (Å²) in [5.74, 6) is -1.49. The maximum Gasteiger partial charge on any atom is 0.322 e. The maximum absolute atomic E-state index is 12.1. The molecular formula is C13H16N4O4. The minimum atomic E-state index is -0.972. The zero-order valence-electron chi connectivity index (χ0n) is 11.3. The van der Waals surface area contributed by atoms with Crippen molar-refractivity contribution in [2.45, 2.75) is 25.3 Å². The molecule has 1 aliphatic heterocycles. The van der Waals surface area contributed by atoms with E-state index in [1.54, 1.807) is 6.07 Å². The number of pyridine rings is 1. The lowest BCUT2D eigenvalue weighted by atomic mass is 10.2. The van der Waals surface area contributed by atoms with Crippen molar-refractivity contribution in [3.05, 3.63) is 24.0 Å². The number of hydrogen-bond acceptors (Lipinski definition) is 4. The van der Waals surface area contributed by atoms with Crippen LogP contribution in [0.2, 0.25) is 0 Å². The lowest BCUT2D eigenvalue weighted by Crippen LogP contribution is -2.45. The third kappa shape index (κ3) is 3.68. The molecule has 4 N–H and O–H groups in total. The number of carbonyl (C=O) groups is 3. The molecule has 21 heavy (non-hydrogen) atoms. The number of primary amides is 1. The minimum Gasteiger partial charge on any atom is -0.481 e. The topological polar surface area (TPSA) is 126 Å². The van der Waals surface area contributed by atoms with E-state index in [2.05, 4.69) is 10.3 Å². The van der Waals surface area contributed by atoms with Gasteiger partial charge < -0.3 is 21.1 Å².